The third kappa shape index (κ3) is 3.59. The number of carbonyl (C=O) groups excluding carboxylic acids is 4. The second kappa shape index (κ2) is 9.04. The van der Waals surface area contributed by atoms with Crippen molar-refractivity contribution in [2.75, 3.05) is 0 Å². The fourth-order valence-corrected chi connectivity index (χ4v) is 10.5. The summed E-state index contributed by atoms with van der Waals surface area (Å²) in [5, 5.41) is 0. The summed E-state index contributed by atoms with van der Waals surface area (Å²) in [6, 6.07) is 3.21. The predicted octanol–water partition coefficient (Wildman–Crippen LogP) is 8.57. The lowest BCUT2D eigenvalue weighted by Gasteiger charge is -2.23. The first-order valence-electron chi connectivity index (χ1n) is 14.3. The Morgan fingerprint density at radius 2 is 0.935 bits per heavy atom. The zero-order valence-corrected chi connectivity index (χ0v) is 26.2. The van der Waals surface area contributed by atoms with E-state index in [2.05, 4.69) is 0 Å². The van der Waals surface area contributed by atoms with Gasteiger partial charge in [-0.15, -0.1) is 22.7 Å². The van der Waals surface area contributed by atoms with Gasteiger partial charge in [-0.2, -0.15) is 0 Å². The Bertz CT molecular complexity index is 2210. The number of carbonyl (C=O) groups is 4. The predicted molar refractivity (Wildman–Crippen MR) is 169 cm³/mol. The molecule has 0 N–H and O–H groups in total. The van der Waals surface area contributed by atoms with Crippen molar-refractivity contribution in [1.29, 1.82) is 0 Å². The number of hydrogen-bond acceptors (Lipinski definition) is 6. The number of hydrogen-bond donors (Lipinski definition) is 0. The van der Waals surface area contributed by atoms with Crippen molar-refractivity contribution >= 4 is 78.5 Å². The van der Waals surface area contributed by atoms with Crippen LogP contribution in [0.1, 0.15) is 80.4 Å². The zero-order valence-electron chi connectivity index (χ0n) is 24.6. The number of rotatable bonds is 2. The molecule has 4 aliphatic carbocycles. The molecule has 2 aromatic heterocycles. The minimum Gasteiger partial charge on any atom is -0.285 e. The van der Waals surface area contributed by atoms with Crippen molar-refractivity contribution in [2.45, 2.75) is 38.5 Å². The summed E-state index contributed by atoms with van der Waals surface area (Å²) < 4.78 is 59.2. The van der Waals surface area contributed by atoms with Crippen molar-refractivity contribution in [3.8, 4) is 0 Å². The molecule has 46 heavy (non-hydrogen) atoms. The molecule has 0 amide bonds. The molecule has 4 aromatic rings. The highest BCUT2D eigenvalue weighted by atomic mass is 32.1. The van der Waals surface area contributed by atoms with Gasteiger partial charge in [0, 0.05) is 55.0 Å². The standard InChI is InChI=1S/C36H20F4O4S2/c1-35(2)13(5-19-17-9-15(37)11-21(39)25(17)31(43)29(19)41)7-23-27(35)33-34(45-23)28-24(46-33)8-14(36(28,3)4)6-20-18-10-16(38)12-22(40)26(18)32(44)30(20)42/h5-12H,1-4H3/b19-5-,20-6-. The molecule has 0 atom stereocenters. The van der Waals surface area contributed by atoms with Crippen LogP contribution in [0.15, 0.2) is 47.6 Å². The Hall–Kier alpha value is -4.54. The lowest BCUT2D eigenvalue weighted by Crippen LogP contribution is -2.17. The summed E-state index contributed by atoms with van der Waals surface area (Å²) in [7, 11) is 0. The van der Waals surface area contributed by atoms with Crippen molar-refractivity contribution in [2.24, 2.45) is 0 Å². The third-order valence-corrected chi connectivity index (χ3v) is 11.9. The zero-order chi connectivity index (χ0) is 32.8. The van der Waals surface area contributed by atoms with Crippen molar-refractivity contribution in [1.82, 2.24) is 0 Å². The van der Waals surface area contributed by atoms with Gasteiger partial charge < -0.3 is 0 Å². The average Bonchev–Trinajstić information content (AvgIpc) is 3.71. The smallest absolute Gasteiger partial charge is 0.237 e. The second-order valence-electron chi connectivity index (χ2n) is 12.8. The lowest BCUT2D eigenvalue weighted by atomic mass is 9.79. The van der Waals surface area contributed by atoms with Crippen LogP contribution in [0.3, 0.4) is 0 Å². The normalized spacial score (nSPS) is 20.6. The van der Waals surface area contributed by atoms with Gasteiger partial charge >= 0.3 is 0 Å². The van der Waals surface area contributed by atoms with E-state index in [1.54, 1.807) is 34.8 Å². The van der Waals surface area contributed by atoms with Crippen LogP contribution in [0.5, 0.6) is 0 Å². The number of benzene rings is 2. The summed E-state index contributed by atoms with van der Waals surface area (Å²) in [4.78, 5) is 52.8. The van der Waals surface area contributed by atoms with Crippen molar-refractivity contribution < 1.29 is 36.7 Å². The summed E-state index contributed by atoms with van der Waals surface area (Å²) in [5.41, 5.74) is 1.25. The van der Waals surface area contributed by atoms with Crippen LogP contribution in [-0.4, -0.2) is 23.1 Å². The van der Waals surface area contributed by atoms with Crippen molar-refractivity contribution in [3.05, 3.63) is 114 Å². The maximum Gasteiger partial charge on any atom is 0.237 e. The average molecular weight is 657 g/mol. The van der Waals surface area contributed by atoms with Crippen LogP contribution in [0.25, 0.3) is 32.7 Å². The Morgan fingerprint density at radius 1 is 0.565 bits per heavy atom. The molecular formula is C36H20F4O4S2. The van der Waals surface area contributed by atoms with E-state index in [1.807, 2.05) is 39.8 Å². The number of allylic oxidation sites excluding steroid dienone is 6. The molecule has 0 unspecified atom stereocenters. The number of halogens is 4. The minimum absolute atomic E-state index is 0.0409. The molecule has 2 aromatic carbocycles. The summed E-state index contributed by atoms with van der Waals surface area (Å²) >= 11 is 3.11. The first-order valence-corrected chi connectivity index (χ1v) is 15.9. The number of thiophene rings is 2. The Balaban J connectivity index is 1.21. The van der Waals surface area contributed by atoms with Gasteiger partial charge in [0.25, 0.3) is 0 Å². The van der Waals surface area contributed by atoms with E-state index in [4.69, 9.17) is 0 Å². The molecular weight excluding hydrogens is 637 g/mol. The van der Waals surface area contributed by atoms with Crippen LogP contribution >= 0.6 is 22.7 Å². The fraction of sp³-hybridized carbons (Fsp3) is 0.167. The van der Waals surface area contributed by atoms with E-state index < -0.39 is 68.4 Å². The van der Waals surface area contributed by atoms with Crippen LogP contribution in [0.2, 0.25) is 0 Å². The van der Waals surface area contributed by atoms with Gasteiger partial charge in [0.1, 0.15) is 23.3 Å². The van der Waals surface area contributed by atoms with E-state index >= 15 is 0 Å². The van der Waals surface area contributed by atoms with Gasteiger partial charge in [-0.3, -0.25) is 19.2 Å². The van der Waals surface area contributed by atoms with Crippen LogP contribution in [0.4, 0.5) is 17.6 Å². The molecule has 0 spiro atoms. The Kier molecular flexibility index (Phi) is 5.68. The molecule has 4 aliphatic rings. The molecule has 0 saturated heterocycles. The molecule has 0 radical (unpaired) electrons. The monoisotopic (exact) mass is 656 g/mol. The molecule has 0 aliphatic heterocycles. The first-order chi connectivity index (χ1) is 21.6. The summed E-state index contributed by atoms with van der Waals surface area (Å²) in [6.07, 6.45) is 6.97. The molecule has 0 saturated carbocycles. The summed E-state index contributed by atoms with van der Waals surface area (Å²) in [6.45, 7) is 7.95. The lowest BCUT2D eigenvalue weighted by molar-refractivity contribution is -0.110. The topological polar surface area (TPSA) is 68.3 Å². The molecule has 10 heteroatoms. The van der Waals surface area contributed by atoms with Gasteiger partial charge in [-0.1, -0.05) is 27.7 Å². The van der Waals surface area contributed by atoms with Crippen LogP contribution < -0.4 is 0 Å². The van der Waals surface area contributed by atoms with E-state index in [0.717, 1.165) is 53.6 Å². The van der Waals surface area contributed by atoms with Gasteiger partial charge in [-0.05, 0) is 58.7 Å². The number of Topliss-reactive ketones (excluding diaryl/α,β-unsaturated/α-hetero) is 4. The maximum absolute atomic E-state index is 14.4. The minimum atomic E-state index is -1.07. The first kappa shape index (κ1) is 28.9. The van der Waals surface area contributed by atoms with Gasteiger partial charge in [0.2, 0.25) is 23.1 Å². The van der Waals surface area contributed by atoms with E-state index in [1.165, 1.54) is 0 Å². The molecule has 0 bridgehead atoms. The van der Waals surface area contributed by atoms with Crippen molar-refractivity contribution in [3.63, 3.8) is 0 Å². The number of ketones is 4. The largest absolute Gasteiger partial charge is 0.285 e. The number of fused-ring (bicyclic) bond motifs is 7. The molecule has 4 nitrogen and oxygen atoms in total. The fourth-order valence-electron chi connectivity index (χ4n) is 7.08. The summed E-state index contributed by atoms with van der Waals surface area (Å²) in [5.74, 6) is -7.64. The van der Waals surface area contributed by atoms with E-state index in [-0.39, 0.29) is 22.3 Å². The highest BCUT2D eigenvalue weighted by Crippen LogP contribution is 2.58. The SMILES string of the molecule is CC1(C)C(/C=C2\C(=O)C(=O)c3c(F)cc(F)cc32)=Cc2sc3c4c(sc3c21)C=C(/C=C1\C(=O)C(=O)c2c(F)cc(F)cc21)C4(C)C. The Labute approximate surface area is 267 Å². The van der Waals surface area contributed by atoms with E-state index in [9.17, 15) is 36.7 Å². The van der Waals surface area contributed by atoms with Crippen LogP contribution in [0, 0.1) is 23.3 Å². The third-order valence-electron chi connectivity index (χ3n) is 9.49. The second-order valence-corrected chi connectivity index (χ2v) is 14.9. The molecule has 2 heterocycles. The molecule has 228 valence electrons. The highest BCUT2D eigenvalue weighted by molar-refractivity contribution is 7.29. The van der Waals surface area contributed by atoms with Crippen LogP contribution in [-0.2, 0) is 20.4 Å². The molecule has 8 rings (SSSR count). The maximum atomic E-state index is 14.4. The van der Waals surface area contributed by atoms with Gasteiger partial charge in [0.15, 0.2) is 0 Å². The van der Waals surface area contributed by atoms with E-state index in [0.29, 0.717) is 12.1 Å². The molecule has 0 fully saturated rings. The van der Waals surface area contributed by atoms with Gasteiger partial charge in [0.05, 0.1) is 20.5 Å². The quantitative estimate of drug-likeness (QED) is 0.123. The Morgan fingerprint density at radius 3 is 1.30 bits per heavy atom. The highest BCUT2D eigenvalue weighted by Gasteiger charge is 2.44. The van der Waals surface area contributed by atoms with Gasteiger partial charge in [-0.25, -0.2) is 17.6 Å².